The fourth-order valence-electron chi connectivity index (χ4n) is 4.07. The Kier molecular flexibility index (Phi) is 5.69. The van der Waals surface area contributed by atoms with E-state index in [1.165, 1.54) is 0 Å². The zero-order valence-corrected chi connectivity index (χ0v) is 21.8. The highest BCUT2D eigenvalue weighted by atomic mass is 35.5. The Bertz CT molecular complexity index is 1700. The minimum atomic E-state index is -3.73. The molecule has 5 aromatic rings. The van der Waals surface area contributed by atoms with Gasteiger partial charge in [0.05, 0.1) is 16.6 Å². The Morgan fingerprint density at radius 2 is 1.67 bits per heavy atom. The number of hydrogen-bond acceptors (Lipinski definition) is 6. The van der Waals surface area contributed by atoms with Crippen LogP contribution in [-0.4, -0.2) is 28.3 Å². The summed E-state index contributed by atoms with van der Waals surface area (Å²) in [4.78, 5) is 4.81. The summed E-state index contributed by atoms with van der Waals surface area (Å²) in [6, 6.07) is 15.0. The molecule has 0 fully saturated rings. The topological polar surface area (TPSA) is 115 Å². The minimum absolute atomic E-state index is 0.0695. The summed E-state index contributed by atoms with van der Waals surface area (Å²) >= 11 is 6.14. The highest BCUT2D eigenvalue weighted by Crippen LogP contribution is 2.41. The van der Waals surface area contributed by atoms with Crippen LogP contribution < -0.4 is 5.73 Å². The summed E-state index contributed by atoms with van der Waals surface area (Å²) in [5.41, 5.74) is 12.5. The van der Waals surface area contributed by atoms with E-state index in [1.807, 2.05) is 36.4 Å². The third kappa shape index (κ3) is 3.96. The maximum Gasteiger partial charge on any atom is 0.228 e. The number of hydrogen-bond donors (Lipinski definition) is 2. The first-order valence-corrected chi connectivity index (χ1v) is 13.2. The second-order valence-electron chi connectivity index (χ2n) is 9.66. The molecule has 0 radical (unpaired) electrons. The van der Waals surface area contributed by atoms with Gasteiger partial charge in [0.2, 0.25) is 20.6 Å². The number of halogens is 1. The van der Waals surface area contributed by atoms with Crippen LogP contribution in [0, 0.1) is 6.92 Å². The van der Waals surface area contributed by atoms with Crippen LogP contribution >= 0.6 is 11.6 Å². The largest absolute Gasteiger partial charge is 0.426 e. The molecule has 0 unspecified atom stereocenters. The van der Waals surface area contributed by atoms with E-state index in [0.29, 0.717) is 32.9 Å². The van der Waals surface area contributed by atoms with Gasteiger partial charge in [-0.3, -0.25) is 5.10 Å². The number of H-pyrrole nitrogens is 1. The number of furan rings is 1. The Morgan fingerprint density at radius 3 is 2.28 bits per heavy atom. The molecule has 0 saturated carbocycles. The zero-order valence-electron chi connectivity index (χ0n) is 20.3. The van der Waals surface area contributed by atoms with E-state index in [9.17, 15) is 8.42 Å². The van der Waals surface area contributed by atoms with Gasteiger partial charge in [-0.25, -0.2) is 13.4 Å². The van der Waals surface area contributed by atoms with E-state index < -0.39 is 14.6 Å². The molecule has 0 saturated heterocycles. The molecule has 3 heterocycles. The average Bonchev–Trinajstić information content (AvgIpc) is 3.47. The number of nitrogen functional groups attached to an aromatic ring is 1. The molecule has 0 atom stereocenters. The van der Waals surface area contributed by atoms with Crippen LogP contribution in [0.15, 0.2) is 70.4 Å². The summed E-state index contributed by atoms with van der Waals surface area (Å²) in [6.07, 6.45) is 3.52. The number of nitrogens with zero attached hydrogens (tertiary/aromatic N) is 2. The zero-order chi connectivity index (χ0) is 25.8. The first kappa shape index (κ1) is 24.1. The molecule has 0 spiro atoms. The summed E-state index contributed by atoms with van der Waals surface area (Å²) in [7, 11) is -3.73. The number of anilines is 1. The van der Waals surface area contributed by atoms with Crippen molar-refractivity contribution in [3.63, 3.8) is 0 Å². The summed E-state index contributed by atoms with van der Waals surface area (Å²) in [5.74, 6) is 0. The van der Waals surface area contributed by atoms with Gasteiger partial charge in [0, 0.05) is 44.5 Å². The van der Waals surface area contributed by atoms with Crippen LogP contribution in [0.5, 0.6) is 0 Å². The molecule has 2 aromatic carbocycles. The van der Waals surface area contributed by atoms with Crippen molar-refractivity contribution in [3.05, 3.63) is 71.5 Å². The summed E-state index contributed by atoms with van der Waals surface area (Å²) in [5, 5.41) is 7.97. The quantitative estimate of drug-likeness (QED) is 0.256. The number of aryl methyl sites for hydroxylation is 1. The Morgan fingerprint density at radius 1 is 0.972 bits per heavy atom. The Balaban J connectivity index is 1.78. The number of nitrogens with one attached hydrogen (secondary N) is 1. The highest BCUT2D eigenvalue weighted by Gasteiger charge is 2.36. The van der Waals surface area contributed by atoms with Gasteiger partial charge < -0.3 is 10.2 Å². The molecule has 5 rings (SSSR count). The van der Waals surface area contributed by atoms with Crippen LogP contribution in [0.25, 0.3) is 44.6 Å². The average molecular weight is 521 g/mol. The van der Waals surface area contributed by atoms with E-state index in [1.54, 1.807) is 52.2 Å². The smallest absolute Gasteiger partial charge is 0.228 e. The number of sulfone groups is 1. The lowest BCUT2D eigenvalue weighted by molar-refractivity contribution is 0.458. The van der Waals surface area contributed by atoms with E-state index in [4.69, 9.17) is 26.7 Å². The van der Waals surface area contributed by atoms with E-state index in [2.05, 4.69) is 10.2 Å². The highest BCUT2D eigenvalue weighted by molar-refractivity contribution is 7.92. The van der Waals surface area contributed by atoms with Gasteiger partial charge in [-0.1, -0.05) is 35.9 Å². The fourth-order valence-corrected chi connectivity index (χ4v) is 5.46. The molecule has 0 aliphatic rings. The molecule has 9 heteroatoms. The van der Waals surface area contributed by atoms with Gasteiger partial charge in [-0.15, -0.1) is 0 Å². The van der Waals surface area contributed by atoms with Crippen LogP contribution in [0.1, 0.15) is 26.3 Å². The molecule has 3 N–H and O–H groups in total. The Labute approximate surface area is 214 Å². The molecule has 3 aromatic heterocycles. The lowest BCUT2D eigenvalue weighted by Gasteiger charge is -2.17. The van der Waals surface area contributed by atoms with Gasteiger partial charge in [-0.2, -0.15) is 5.10 Å². The number of benzene rings is 2. The van der Waals surface area contributed by atoms with E-state index >= 15 is 0 Å². The van der Waals surface area contributed by atoms with Crippen molar-refractivity contribution in [1.82, 2.24) is 15.2 Å². The molecular formula is C27H25ClN4O3S. The van der Waals surface area contributed by atoms with Crippen molar-refractivity contribution in [1.29, 1.82) is 0 Å². The van der Waals surface area contributed by atoms with Gasteiger partial charge in [-0.05, 0) is 63.1 Å². The first-order chi connectivity index (χ1) is 17.0. The summed E-state index contributed by atoms with van der Waals surface area (Å²) < 4.78 is 31.3. The van der Waals surface area contributed by atoms with E-state index in [0.717, 1.165) is 22.3 Å². The van der Waals surface area contributed by atoms with Crippen molar-refractivity contribution in [2.75, 3.05) is 5.73 Å². The second-order valence-corrected chi connectivity index (χ2v) is 12.7. The normalized spacial score (nSPS) is 12.4. The predicted molar refractivity (Wildman–Crippen MR) is 144 cm³/mol. The lowest BCUT2D eigenvalue weighted by atomic mass is 9.95. The molecule has 7 nitrogen and oxygen atoms in total. The van der Waals surface area contributed by atoms with Crippen molar-refractivity contribution in [2.24, 2.45) is 0 Å². The number of aromatic amines is 1. The van der Waals surface area contributed by atoms with Crippen LogP contribution in [0.4, 0.5) is 5.69 Å². The van der Waals surface area contributed by atoms with Gasteiger partial charge in [0.1, 0.15) is 0 Å². The van der Waals surface area contributed by atoms with Crippen LogP contribution in [0.3, 0.4) is 0 Å². The molecular weight excluding hydrogens is 496 g/mol. The second kappa shape index (κ2) is 8.50. The summed E-state index contributed by atoms with van der Waals surface area (Å²) in [6.45, 7) is 6.69. The first-order valence-electron chi connectivity index (χ1n) is 11.3. The van der Waals surface area contributed by atoms with Gasteiger partial charge in [0.15, 0.2) is 0 Å². The maximum absolute atomic E-state index is 13.2. The lowest BCUT2D eigenvalue weighted by Crippen LogP contribution is -2.28. The molecule has 0 aliphatic carbocycles. The standard InChI is InChI=1S/C27H25ClN4O3S/c1-15-21-12-22(16-5-8-19(28)9-6-16)24(32-25(21)35-26(15)36(33,34)27(2,3)4)20-10-7-17(11-23(20)29)18-13-30-31-14-18/h5-14H,29H2,1-4H3,(H,30,31). The molecule has 184 valence electrons. The van der Waals surface area contributed by atoms with Crippen LogP contribution in [-0.2, 0) is 9.84 Å². The van der Waals surface area contributed by atoms with Crippen molar-refractivity contribution >= 4 is 38.2 Å². The van der Waals surface area contributed by atoms with Gasteiger partial charge >= 0.3 is 0 Å². The molecule has 0 aliphatic heterocycles. The number of rotatable bonds is 4. The molecule has 0 amide bonds. The molecule has 0 bridgehead atoms. The van der Waals surface area contributed by atoms with Crippen molar-refractivity contribution < 1.29 is 12.8 Å². The van der Waals surface area contributed by atoms with E-state index in [-0.39, 0.29) is 10.8 Å². The Hall–Kier alpha value is -3.62. The number of pyridine rings is 1. The minimum Gasteiger partial charge on any atom is -0.426 e. The monoisotopic (exact) mass is 520 g/mol. The number of fused-ring (bicyclic) bond motifs is 1. The third-order valence-electron chi connectivity index (χ3n) is 6.23. The predicted octanol–water partition coefficient (Wildman–Crippen LogP) is 6.67. The van der Waals surface area contributed by atoms with Gasteiger partial charge in [0.25, 0.3) is 0 Å². The number of nitrogens with two attached hydrogens (primary N) is 1. The fraction of sp³-hybridized carbons (Fsp3) is 0.185. The van der Waals surface area contributed by atoms with Crippen molar-refractivity contribution in [3.8, 4) is 33.5 Å². The van der Waals surface area contributed by atoms with Crippen molar-refractivity contribution in [2.45, 2.75) is 37.5 Å². The third-order valence-corrected chi connectivity index (χ3v) is 8.97. The maximum atomic E-state index is 13.2. The van der Waals surface area contributed by atoms with Crippen LogP contribution in [0.2, 0.25) is 5.02 Å². The number of aromatic nitrogens is 3. The molecule has 36 heavy (non-hydrogen) atoms. The SMILES string of the molecule is Cc1c(S(=O)(=O)C(C)(C)C)oc2nc(-c3ccc(-c4cn[nH]c4)cc3N)c(-c3ccc(Cl)cc3)cc12.